The topological polar surface area (TPSA) is 66.5 Å². The van der Waals surface area contributed by atoms with Crippen LogP contribution >= 0.6 is 0 Å². The van der Waals surface area contributed by atoms with Crippen molar-refractivity contribution in [1.82, 2.24) is 4.90 Å². The molecule has 5 nitrogen and oxygen atoms in total. The van der Waals surface area contributed by atoms with Gasteiger partial charge >= 0.3 is 0 Å². The smallest absolute Gasteiger partial charge is 0.256 e. The Labute approximate surface area is 149 Å². The molecule has 0 saturated heterocycles. The highest BCUT2D eigenvalue weighted by atomic mass is 32.2. The van der Waals surface area contributed by atoms with Gasteiger partial charge in [-0.3, -0.25) is 9.69 Å². The van der Waals surface area contributed by atoms with Crippen molar-refractivity contribution in [3.63, 3.8) is 0 Å². The molecule has 0 bridgehead atoms. The maximum absolute atomic E-state index is 12.5. The fourth-order valence-electron chi connectivity index (χ4n) is 2.63. The Balaban J connectivity index is 2.22. The Hall–Kier alpha value is -2.18. The summed E-state index contributed by atoms with van der Waals surface area (Å²) in [6, 6.07) is 13.8. The predicted octanol–water partition coefficient (Wildman–Crippen LogP) is 3.18. The van der Waals surface area contributed by atoms with E-state index in [1.54, 1.807) is 18.2 Å². The minimum Gasteiger partial charge on any atom is -0.322 e. The van der Waals surface area contributed by atoms with Crippen molar-refractivity contribution in [3.8, 4) is 0 Å². The fraction of sp³-hybridized carbons (Fsp3) is 0.316. The zero-order valence-electron chi connectivity index (χ0n) is 14.8. The van der Waals surface area contributed by atoms with Gasteiger partial charge < -0.3 is 5.32 Å². The van der Waals surface area contributed by atoms with Crippen LogP contribution in [0.3, 0.4) is 0 Å². The van der Waals surface area contributed by atoms with Crippen LogP contribution in [0.15, 0.2) is 53.4 Å². The average molecular weight is 360 g/mol. The second-order valence-corrected chi connectivity index (χ2v) is 7.87. The highest BCUT2D eigenvalue weighted by Gasteiger charge is 2.18. The number of benzene rings is 2. The number of hydrogen-bond donors (Lipinski definition) is 1. The highest BCUT2D eigenvalue weighted by Crippen LogP contribution is 2.18. The van der Waals surface area contributed by atoms with Gasteiger partial charge in [0, 0.05) is 18.5 Å². The molecular formula is C19H24N2O3S. The molecule has 2 rings (SSSR count). The molecular weight excluding hydrogens is 336 g/mol. The Morgan fingerprint density at radius 1 is 1.04 bits per heavy atom. The highest BCUT2D eigenvalue weighted by molar-refractivity contribution is 7.90. The first-order valence-corrected chi connectivity index (χ1v) is 10.2. The Morgan fingerprint density at radius 2 is 1.72 bits per heavy atom. The molecule has 0 fully saturated rings. The summed E-state index contributed by atoms with van der Waals surface area (Å²) < 4.78 is 23.7. The summed E-state index contributed by atoms with van der Waals surface area (Å²) in [5, 5.41) is 2.80. The molecule has 25 heavy (non-hydrogen) atoms. The second kappa shape index (κ2) is 8.27. The van der Waals surface area contributed by atoms with Crippen molar-refractivity contribution in [2.24, 2.45) is 0 Å². The van der Waals surface area contributed by atoms with Crippen molar-refractivity contribution in [1.29, 1.82) is 0 Å². The lowest BCUT2D eigenvalue weighted by Crippen LogP contribution is -2.22. The molecule has 0 aliphatic rings. The number of sulfone groups is 1. The van der Waals surface area contributed by atoms with Gasteiger partial charge in [0.15, 0.2) is 9.84 Å². The van der Waals surface area contributed by atoms with Gasteiger partial charge in [0.05, 0.1) is 10.5 Å². The fourth-order valence-corrected chi connectivity index (χ4v) is 3.51. The summed E-state index contributed by atoms with van der Waals surface area (Å²) in [5.74, 6) is -0.430. The summed E-state index contributed by atoms with van der Waals surface area (Å²) in [7, 11) is -3.47. The maximum Gasteiger partial charge on any atom is 0.256 e. The number of carbonyl (C=O) groups excluding carboxylic acids is 1. The first kappa shape index (κ1) is 19.1. The van der Waals surface area contributed by atoms with Crippen LogP contribution in [0.1, 0.15) is 29.8 Å². The summed E-state index contributed by atoms with van der Waals surface area (Å²) in [6.45, 7) is 6.93. The van der Waals surface area contributed by atoms with Crippen LogP contribution in [0.4, 0.5) is 5.69 Å². The maximum atomic E-state index is 12.5. The van der Waals surface area contributed by atoms with E-state index in [0.717, 1.165) is 31.5 Å². The number of carbonyl (C=O) groups is 1. The largest absolute Gasteiger partial charge is 0.322 e. The van der Waals surface area contributed by atoms with Crippen LogP contribution in [0.2, 0.25) is 0 Å². The molecule has 6 heteroatoms. The lowest BCUT2D eigenvalue weighted by molar-refractivity contribution is 0.102. The van der Waals surface area contributed by atoms with E-state index in [9.17, 15) is 13.2 Å². The lowest BCUT2D eigenvalue weighted by atomic mass is 10.1. The van der Waals surface area contributed by atoms with Crippen LogP contribution in [0.5, 0.6) is 0 Å². The van der Waals surface area contributed by atoms with Gasteiger partial charge in [-0.1, -0.05) is 38.1 Å². The summed E-state index contributed by atoms with van der Waals surface area (Å²) >= 11 is 0. The molecule has 0 radical (unpaired) electrons. The minimum absolute atomic E-state index is 0.0341. The molecule has 0 aromatic heterocycles. The van der Waals surface area contributed by atoms with E-state index in [2.05, 4.69) is 24.1 Å². The summed E-state index contributed by atoms with van der Waals surface area (Å²) in [4.78, 5) is 14.9. The van der Waals surface area contributed by atoms with Crippen molar-refractivity contribution in [2.45, 2.75) is 25.3 Å². The van der Waals surface area contributed by atoms with Crippen LogP contribution in [-0.2, 0) is 16.4 Å². The number of anilines is 1. The van der Waals surface area contributed by atoms with E-state index in [1.165, 1.54) is 12.1 Å². The number of hydrogen-bond acceptors (Lipinski definition) is 4. The van der Waals surface area contributed by atoms with Crippen molar-refractivity contribution < 1.29 is 13.2 Å². The first-order valence-electron chi connectivity index (χ1n) is 8.26. The van der Waals surface area contributed by atoms with E-state index < -0.39 is 15.7 Å². The van der Waals surface area contributed by atoms with Gasteiger partial charge in [-0.2, -0.15) is 0 Å². The van der Waals surface area contributed by atoms with Crippen LogP contribution < -0.4 is 5.32 Å². The van der Waals surface area contributed by atoms with Gasteiger partial charge in [-0.15, -0.1) is 0 Å². The van der Waals surface area contributed by atoms with E-state index >= 15 is 0 Å². The molecule has 134 valence electrons. The van der Waals surface area contributed by atoms with Gasteiger partial charge in [-0.25, -0.2) is 8.42 Å². The van der Waals surface area contributed by atoms with Gasteiger partial charge in [0.2, 0.25) is 0 Å². The molecule has 0 atom stereocenters. The standard InChI is InChI=1S/C19H24N2O3S/c1-4-21(5-2)14-15-9-8-10-16(13-15)20-19(22)17-11-6-7-12-18(17)25(3,23)24/h6-13H,4-5,14H2,1-3H3,(H,20,22). The zero-order valence-corrected chi connectivity index (χ0v) is 15.6. The first-order chi connectivity index (χ1) is 11.8. The predicted molar refractivity (Wildman–Crippen MR) is 101 cm³/mol. The van der Waals surface area contributed by atoms with Crippen LogP contribution in [-0.4, -0.2) is 38.6 Å². The van der Waals surface area contributed by atoms with E-state index in [4.69, 9.17) is 0 Å². The quantitative estimate of drug-likeness (QED) is 0.823. The van der Waals surface area contributed by atoms with Gasteiger partial charge in [0.25, 0.3) is 5.91 Å². The van der Waals surface area contributed by atoms with Crippen molar-refractivity contribution in [3.05, 3.63) is 59.7 Å². The third-order valence-electron chi connectivity index (χ3n) is 4.02. The van der Waals surface area contributed by atoms with E-state index in [0.29, 0.717) is 5.69 Å². The molecule has 0 aliphatic carbocycles. The SMILES string of the molecule is CCN(CC)Cc1cccc(NC(=O)c2ccccc2S(C)(=O)=O)c1. The Bertz CT molecular complexity index is 843. The summed E-state index contributed by atoms with van der Waals surface area (Å²) in [5.41, 5.74) is 1.90. The monoisotopic (exact) mass is 360 g/mol. The molecule has 1 N–H and O–H groups in total. The molecule has 0 aliphatic heterocycles. The van der Waals surface area contributed by atoms with Crippen molar-refractivity contribution >= 4 is 21.4 Å². The molecule has 0 heterocycles. The molecule has 2 aromatic rings. The zero-order chi connectivity index (χ0) is 18.4. The summed E-state index contributed by atoms with van der Waals surface area (Å²) in [6.07, 6.45) is 1.10. The molecule has 2 aromatic carbocycles. The molecule has 0 spiro atoms. The minimum atomic E-state index is -3.47. The van der Waals surface area contributed by atoms with Crippen molar-refractivity contribution in [2.75, 3.05) is 24.7 Å². The third kappa shape index (κ3) is 5.14. The Morgan fingerprint density at radius 3 is 2.36 bits per heavy atom. The van der Waals surface area contributed by atoms with Crippen LogP contribution in [0.25, 0.3) is 0 Å². The molecule has 0 saturated carbocycles. The van der Waals surface area contributed by atoms with Gasteiger partial charge in [-0.05, 0) is 42.9 Å². The molecule has 0 unspecified atom stereocenters. The van der Waals surface area contributed by atoms with E-state index in [1.807, 2.05) is 18.2 Å². The number of nitrogens with zero attached hydrogens (tertiary/aromatic N) is 1. The Kier molecular flexibility index (Phi) is 6.33. The average Bonchev–Trinajstić information content (AvgIpc) is 2.59. The normalized spacial score (nSPS) is 11.5. The van der Waals surface area contributed by atoms with Gasteiger partial charge in [0.1, 0.15) is 0 Å². The number of rotatable bonds is 7. The number of amides is 1. The second-order valence-electron chi connectivity index (χ2n) is 5.88. The number of nitrogens with one attached hydrogen (secondary N) is 1. The van der Waals surface area contributed by atoms with E-state index in [-0.39, 0.29) is 10.5 Å². The lowest BCUT2D eigenvalue weighted by Gasteiger charge is -2.18. The molecule has 1 amide bonds. The third-order valence-corrected chi connectivity index (χ3v) is 5.17. The van der Waals surface area contributed by atoms with Crippen LogP contribution in [0, 0.1) is 0 Å².